The summed E-state index contributed by atoms with van der Waals surface area (Å²) in [5.41, 5.74) is -0.852. The van der Waals surface area contributed by atoms with Gasteiger partial charge in [-0.15, -0.1) is 5.46 Å². The molecule has 14 heavy (non-hydrogen) atoms. The Morgan fingerprint density at radius 1 is 1.29 bits per heavy atom. The van der Waals surface area contributed by atoms with Crippen molar-refractivity contribution in [3.05, 3.63) is 24.0 Å². The van der Waals surface area contributed by atoms with Crippen molar-refractivity contribution in [2.75, 3.05) is 6.61 Å². The molecular weight excluding hydrogens is 199 g/mol. The van der Waals surface area contributed by atoms with Gasteiger partial charge in [0.2, 0.25) is 0 Å². The van der Waals surface area contributed by atoms with Crippen LogP contribution in [0.2, 0.25) is 0 Å². The average molecular weight is 207 g/mol. The number of hydrogen-bond donors (Lipinski definition) is 0. The van der Waals surface area contributed by atoms with Crippen molar-refractivity contribution in [1.82, 2.24) is 0 Å². The molecule has 0 atom stereocenters. The highest BCUT2D eigenvalue weighted by Gasteiger charge is 2.26. The van der Waals surface area contributed by atoms with Crippen LogP contribution >= 0.6 is 0 Å². The van der Waals surface area contributed by atoms with Gasteiger partial charge in [-0.05, 0) is 19.1 Å². The molecule has 0 aromatic heterocycles. The van der Waals surface area contributed by atoms with Gasteiger partial charge in [-0.3, -0.25) is 0 Å². The van der Waals surface area contributed by atoms with E-state index in [2.05, 4.69) is 0 Å². The minimum Gasteiger partial charge on any atom is -0.491 e. The summed E-state index contributed by atoms with van der Waals surface area (Å²) in [6.45, 7) is -3.39. The molecule has 0 heterocycles. The largest absolute Gasteiger partial charge is 0.509 e. The first-order valence-corrected chi connectivity index (χ1v) is 4.07. The Balaban J connectivity index is 3.06. The number of halogens is 4. The van der Waals surface area contributed by atoms with Crippen molar-refractivity contribution in [2.24, 2.45) is 0 Å². The summed E-state index contributed by atoms with van der Waals surface area (Å²) in [6.07, 6.45) is 0. The van der Waals surface area contributed by atoms with E-state index in [4.69, 9.17) is 4.74 Å². The Morgan fingerprint density at radius 3 is 2.43 bits per heavy atom. The lowest BCUT2D eigenvalue weighted by Gasteiger charge is -2.16. The van der Waals surface area contributed by atoms with Gasteiger partial charge in [-0.2, -0.15) is 0 Å². The van der Waals surface area contributed by atoms with Crippen LogP contribution in [0.4, 0.5) is 17.3 Å². The second-order valence-corrected chi connectivity index (χ2v) is 2.70. The number of rotatable bonds is 3. The molecule has 0 radical (unpaired) electrons. The highest BCUT2D eigenvalue weighted by molar-refractivity contribution is 6.73. The van der Waals surface area contributed by atoms with Crippen LogP contribution in [0.15, 0.2) is 18.2 Å². The summed E-state index contributed by atoms with van der Waals surface area (Å²) in [6, 6.07) is 2.15. The highest BCUT2D eigenvalue weighted by Crippen LogP contribution is 2.18. The summed E-state index contributed by atoms with van der Waals surface area (Å²) in [4.78, 5) is 0. The van der Waals surface area contributed by atoms with Crippen molar-refractivity contribution >= 4 is 12.4 Å². The van der Waals surface area contributed by atoms with E-state index in [9.17, 15) is 17.3 Å². The standard InChI is InChI=1S/C8H8BF4O/c1-2-14-8-5-6(9(11,12)13)3-4-7(8)10/h3-5H,2H2,1H3/q-1. The highest BCUT2D eigenvalue weighted by atomic mass is 19.4. The van der Waals surface area contributed by atoms with E-state index >= 15 is 0 Å². The maximum Gasteiger partial charge on any atom is 0.509 e. The summed E-state index contributed by atoms with van der Waals surface area (Å²) in [5, 5.41) is 0. The van der Waals surface area contributed by atoms with Crippen molar-refractivity contribution < 1.29 is 22.1 Å². The Hall–Kier alpha value is -1.20. The average Bonchev–Trinajstić information content (AvgIpc) is 2.07. The Labute approximate surface area is 78.7 Å². The first kappa shape index (κ1) is 10.9. The molecule has 1 aromatic carbocycles. The van der Waals surface area contributed by atoms with Crippen LogP contribution in [0.1, 0.15) is 6.92 Å². The Morgan fingerprint density at radius 2 is 1.93 bits per heavy atom. The minimum atomic E-state index is -5.10. The molecule has 0 unspecified atom stereocenters. The van der Waals surface area contributed by atoms with Gasteiger partial charge < -0.3 is 17.7 Å². The van der Waals surface area contributed by atoms with Crippen LogP contribution < -0.4 is 10.2 Å². The van der Waals surface area contributed by atoms with Crippen LogP contribution in [0.3, 0.4) is 0 Å². The van der Waals surface area contributed by atoms with E-state index in [0.717, 1.165) is 6.07 Å². The second-order valence-electron chi connectivity index (χ2n) is 2.70. The summed E-state index contributed by atoms with van der Waals surface area (Å²) in [7, 11) is 0. The molecule has 78 valence electrons. The number of hydrogen-bond acceptors (Lipinski definition) is 1. The molecule has 0 saturated heterocycles. The molecule has 0 aliphatic heterocycles. The van der Waals surface area contributed by atoms with E-state index in [1.165, 1.54) is 0 Å². The topological polar surface area (TPSA) is 9.23 Å². The monoisotopic (exact) mass is 207 g/mol. The van der Waals surface area contributed by atoms with Crippen molar-refractivity contribution in [3.63, 3.8) is 0 Å². The Bertz CT molecular complexity index is 324. The third kappa shape index (κ3) is 2.40. The molecule has 0 spiro atoms. The van der Waals surface area contributed by atoms with Gasteiger partial charge in [-0.25, -0.2) is 4.39 Å². The lowest BCUT2D eigenvalue weighted by atomic mass is 9.80. The van der Waals surface area contributed by atoms with Crippen LogP contribution in [-0.4, -0.2) is 13.6 Å². The lowest BCUT2D eigenvalue weighted by molar-refractivity contribution is 0.321. The molecule has 0 bridgehead atoms. The molecular formula is C8H8BF4O-. The molecule has 0 amide bonds. The smallest absolute Gasteiger partial charge is 0.491 e. The van der Waals surface area contributed by atoms with Gasteiger partial charge in [0.25, 0.3) is 0 Å². The third-order valence-corrected chi connectivity index (χ3v) is 1.63. The molecule has 1 aromatic rings. The van der Waals surface area contributed by atoms with Gasteiger partial charge in [0.1, 0.15) is 0 Å². The Kier molecular flexibility index (Phi) is 3.03. The zero-order valence-electron chi connectivity index (χ0n) is 7.44. The van der Waals surface area contributed by atoms with Crippen molar-refractivity contribution in [2.45, 2.75) is 6.92 Å². The third-order valence-electron chi connectivity index (χ3n) is 1.63. The molecule has 0 fully saturated rings. The molecule has 0 saturated carbocycles. The van der Waals surface area contributed by atoms with Crippen LogP contribution in [0.25, 0.3) is 0 Å². The van der Waals surface area contributed by atoms with Gasteiger partial charge in [0, 0.05) is 0 Å². The van der Waals surface area contributed by atoms with Gasteiger partial charge in [0.05, 0.1) is 6.61 Å². The summed E-state index contributed by atoms with van der Waals surface area (Å²) >= 11 is 0. The lowest BCUT2D eigenvalue weighted by Crippen LogP contribution is -2.34. The predicted octanol–water partition coefficient (Wildman–Crippen LogP) is 2.28. The van der Waals surface area contributed by atoms with Crippen molar-refractivity contribution in [1.29, 1.82) is 0 Å². The van der Waals surface area contributed by atoms with E-state index in [0.29, 0.717) is 12.1 Å². The molecule has 1 nitrogen and oxygen atoms in total. The molecule has 0 aliphatic carbocycles. The van der Waals surface area contributed by atoms with Crippen LogP contribution in [-0.2, 0) is 0 Å². The van der Waals surface area contributed by atoms with Crippen LogP contribution in [0, 0.1) is 5.82 Å². The van der Waals surface area contributed by atoms with E-state index in [1.807, 2.05) is 0 Å². The van der Waals surface area contributed by atoms with Gasteiger partial charge in [-0.1, -0.05) is 6.07 Å². The minimum absolute atomic E-state index is 0.130. The molecule has 0 N–H and O–H groups in total. The normalized spacial score (nSPS) is 11.5. The first-order chi connectivity index (χ1) is 6.45. The molecule has 0 aliphatic rings. The fourth-order valence-corrected chi connectivity index (χ4v) is 0.990. The van der Waals surface area contributed by atoms with E-state index < -0.39 is 18.3 Å². The van der Waals surface area contributed by atoms with Crippen molar-refractivity contribution in [3.8, 4) is 5.75 Å². The molecule has 6 heteroatoms. The zero-order valence-corrected chi connectivity index (χ0v) is 7.44. The number of benzene rings is 1. The second kappa shape index (κ2) is 3.90. The maximum absolute atomic E-state index is 12.9. The fraction of sp³-hybridized carbons (Fsp3) is 0.250. The SMILES string of the molecule is CCOc1cc([B-](F)(F)F)ccc1F. The quantitative estimate of drug-likeness (QED) is 0.545. The predicted molar refractivity (Wildman–Crippen MR) is 46.3 cm³/mol. The fourth-order valence-electron chi connectivity index (χ4n) is 0.990. The summed E-state index contributed by atoms with van der Waals surface area (Å²) < 4.78 is 54.2. The maximum atomic E-state index is 12.9. The van der Waals surface area contributed by atoms with E-state index in [1.54, 1.807) is 6.92 Å². The zero-order chi connectivity index (χ0) is 10.8. The summed E-state index contributed by atoms with van der Waals surface area (Å²) in [5.74, 6) is -1.14. The first-order valence-electron chi connectivity index (χ1n) is 4.07. The molecule has 1 rings (SSSR count). The van der Waals surface area contributed by atoms with Gasteiger partial charge >= 0.3 is 6.98 Å². The van der Waals surface area contributed by atoms with Gasteiger partial charge in [0.15, 0.2) is 11.6 Å². The van der Waals surface area contributed by atoms with E-state index in [-0.39, 0.29) is 12.4 Å². The number of ether oxygens (including phenoxy) is 1. The van der Waals surface area contributed by atoms with Crippen LogP contribution in [0.5, 0.6) is 5.75 Å².